The third-order valence-corrected chi connectivity index (χ3v) is 6.03. The Morgan fingerprint density at radius 3 is 2.30 bits per heavy atom. The lowest BCUT2D eigenvalue weighted by Crippen LogP contribution is -2.51. The van der Waals surface area contributed by atoms with Crippen molar-refractivity contribution in [2.45, 2.75) is 45.4 Å². The molecule has 4 aliphatic rings. The second kappa shape index (κ2) is 5.01. The molecule has 1 aromatic heterocycles. The maximum atomic E-state index is 13.0. The highest BCUT2D eigenvalue weighted by atomic mass is 16.6. The van der Waals surface area contributed by atoms with E-state index in [0.717, 1.165) is 19.3 Å². The van der Waals surface area contributed by atoms with Gasteiger partial charge in [-0.25, -0.2) is 4.98 Å². The minimum atomic E-state index is -0.468. The van der Waals surface area contributed by atoms with Crippen LogP contribution in [0.5, 0.6) is 0 Å². The number of pyridine rings is 1. The Hall–Kier alpha value is -1.98. The van der Waals surface area contributed by atoms with Gasteiger partial charge >= 0.3 is 0 Å². The van der Waals surface area contributed by atoms with E-state index in [-0.39, 0.29) is 17.0 Å². The maximum absolute atomic E-state index is 13.0. The van der Waals surface area contributed by atoms with Crippen LogP contribution in [0.25, 0.3) is 0 Å². The molecule has 0 aliphatic heterocycles. The van der Waals surface area contributed by atoms with Crippen molar-refractivity contribution in [1.29, 1.82) is 0 Å². The van der Waals surface area contributed by atoms with Crippen molar-refractivity contribution in [2.24, 2.45) is 23.2 Å². The van der Waals surface area contributed by atoms with Crippen molar-refractivity contribution < 1.29 is 9.72 Å². The molecule has 4 bridgehead atoms. The molecule has 4 fully saturated rings. The fourth-order valence-electron chi connectivity index (χ4n) is 5.42. The predicted molar refractivity (Wildman–Crippen MR) is 84.9 cm³/mol. The second-order valence-corrected chi connectivity index (χ2v) is 7.77. The van der Waals surface area contributed by atoms with Crippen LogP contribution in [0, 0.1) is 40.2 Å². The first-order valence-corrected chi connectivity index (χ1v) is 8.38. The summed E-state index contributed by atoms with van der Waals surface area (Å²) < 4.78 is 0. The van der Waals surface area contributed by atoms with Crippen LogP contribution in [0.1, 0.15) is 44.1 Å². The van der Waals surface area contributed by atoms with Crippen molar-refractivity contribution in [1.82, 2.24) is 4.98 Å². The van der Waals surface area contributed by atoms with Gasteiger partial charge < -0.3 is 5.32 Å². The second-order valence-electron chi connectivity index (χ2n) is 7.77. The van der Waals surface area contributed by atoms with Gasteiger partial charge in [0.05, 0.1) is 10.3 Å². The summed E-state index contributed by atoms with van der Waals surface area (Å²) in [6.45, 7) is 1.75. The van der Waals surface area contributed by atoms with Gasteiger partial charge in [-0.05, 0) is 68.8 Å². The van der Waals surface area contributed by atoms with E-state index in [1.165, 1.54) is 31.5 Å². The number of anilines is 1. The summed E-state index contributed by atoms with van der Waals surface area (Å²) in [5.41, 5.74) is 0.359. The third kappa shape index (κ3) is 2.40. The number of hydrogen-bond acceptors (Lipinski definition) is 4. The van der Waals surface area contributed by atoms with Crippen molar-refractivity contribution in [3.63, 3.8) is 0 Å². The number of aryl methyl sites for hydroxylation is 1. The predicted octanol–water partition coefficient (Wildman–Crippen LogP) is 3.45. The molecule has 5 rings (SSSR count). The zero-order chi connectivity index (χ0) is 16.2. The Bertz CT molecular complexity index is 650. The maximum Gasteiger partial charge on any atom is 0.287 e. The van der Waals surface area contributed by atoms with Gasteiger partial charge in [0.2, 0.25) is 5.91 Å². The summed E-state index contributed by atoms with van der Waals surface area (Å²) in [6.07, 6.45) is 8.08. The molecule has 4 saturated carbocycles. The number of carbonyl (C=O) groups is 1. The molecule has 23 heavy (non-hydrogen) atoms. The molecule has 6 nitrogen and oxygen atoms in total. The SMILES string of the molecule is Cc1cc([N+](=O)[O-])cnc1NC(=O)C12CC3CC(CC(C3)C1)C2. The van der Waals surface area contributed by atoms with E-state index in [1.54, 1.807) is 6.92 Å². The van der Waals surface area contributed by atoms with Gasteiger partial charge in [0, 0.05) is 6.07 Å². The van der Waals surface area contributed by atoms with Crippen LogP contribution in [-0.4, -0.2) is 15.8 Å². The quantitative estimate of drug-likeness (QED) is 0.684. The Morgan fingerprint density at radius 2 is 1.83 bits per heavy atom. The van der Waals surface area contributed by atoms with Crippen LogP contribution in [0.2, 0.25) is 0 Å². The lowest BCUT2D eigenvalue weighted by Gasteiger charge is -2.55. The Kier molecular flexibility index (Phi) is 3.18. The van der Waals surface area contributed by atoms with Crippen LogP contribution in [0.4, 0.5) is 11.5 Å². The highest BCUT2D eigenvalue weighted by molar-refractivity contribution is 5.95. The molecule has 4 aliphatic carbocycles. The molecule has 0 aromatic carbocycles. The first-order chi connectivity index (χ1) is 10.9. The molecule has 1 N–H and O–H groups in total. The van der Waals surface area contributed by atoms with Gasteiger partial charge in [-0.1, -0.05) is 0 Å². The molecule has 1 heterocycles. The van der Waals surface area contributed by atoms with Gasteiger partial charge in [0.1, 0.15) is 12.0 Å². The van der Waals surface area contributed by atoms with E-state index in [0.29, 0.717) is 29.1 Å². The molecular weight excluding hydrogens is 294 g/mol. The molecule has 122 valence electrons. The summed E-state index contributed by atoms with van der Waals surface area (Å²) >= 11 is 0. The third-order valence-electron chi connectivity index (χ3n) is 6.03. The summed E-state index contributed by atoms with van der Waals surface area (Å²) in [5, 5.41) is 13.8. The van der Waals surface area contributed by atoms with Gasteiger partial charge in [0.25, 0.3) is 5.69 Å². The van der Waals surface area contributed by atoms with Crippen LogP contribution < -0.4 is 5.32 Å². The number of hydrogen-bond donors (Lipinski definition) is 1. The number of amides is 1. The topological polar surface area (TPSA) is 85.1 Å². The summed E-state index contributed by atoms with van der Waals surface area (Å²) in [7, 11) is 0. The number of nitrogens with zero attached hydrogens (tertiary/aromatic N) is 2. The van der Waals surface area contributed by atoms with Crippen molar-refractivity contribution in [2.75, 3.05) is 5.32 Å². The van der Waals surface area contributed by atoms with E-state index >= 15 is 0 Å². The smallest absolute Gasteiger partial charge is 0.287 e. The molecule has 1 aromatic rings. The minimum absolute atomic E-state index is 0.0460. The largest absolute Gasteiger partial charge is 0.310 e. The Balaban J connectivity index is 1.55. The number of nitrogens with one attached hydrogen (secondary N) is 1. The van der Waals surface area contributed by atoms with E-state index < -0.39 is 4.92 Å². The normalized spacial score (nSPS) is 34.4. The van der Waals surface area contributed by atoms with Crippen molar-refractivity contribution in [3.8, 4) is 0 Å². The summed E-state index contributed by atoms with van der Waals surface area (Å²) in [5.74, 6) is 2.64. The number of carbonyl (C=O) groups excluding carboxylic acids is 1. The van der Waals surface area contributed by atoms with E-state index in [2.05, 4.69) is 10.3 Å². The molecule has 1 amide bonds. The Morgan fingerprint density at radius 1 is 1.26 bits per heavy atom. The minimum Gasteiger partial charge on any atom is -0.310 e. The fraction of sp³-hybridized carbons (Fsp3) is 0.647. The number of aromatic nitrogens is 1. The lowest BCUT2D eigenvalue weighted by molar-refractivity contribution is -0.385. The van der Waals surface area contributed by atoms with E-state index in [9.17, 15) is 14.9 Å². The standard InChI is InChI=1S/C17H21N3O3/c1-10-2-14(20(22)23)9-18-15(10)19-16(21)17-6-11-3-12(7-17)5-13(4-11)8-17/h2,9,11-13H,3-8H2,1H3,(H,18,19,21). The van der Waals surface area contributed by atoms with Crippen LogP contribution in [0.3, 0.4) is 0 Å². The number of nitro groups is 1. The van der Waals surface area contributed by atoms with Gasteiger partial charge in [0.15, 0.2) is 0 Å². The van der Waals surface area contributed by atoms with Crippen molar-refractivity contribution in [3.05, 3.63) is 27.9 Å². The number of rotatable bonds is 3. The Labute approximate surface area is 134 Å². The average Bonchev–Trinajstić information content (AvgIpc) is 2.47. The van der Waals surface area contributed by atoms with Crippen LogP contribution >= 0.6 is 0 Å². The lowest BCUT2D eigenvalue weighted by atomic mass is 9.49. The molecule has 0 unspecified atom stereocenters. The first-order valence-electron chi connectivity index (χ1n) is 8.38. The first kappa shape index (κ1) is 14.6. The van der Waals surface area contributed by atoms with Gasteiger partial charge in [-0.15, -0.1) is 0 Å². The monoisotopic (exact) mass is 315 g/mol. The van der Waals surface area contributed by atoms with E-state index in [1.807, 2.05) is 0 Å². The van der Waals surface area contributed by atoms with Gasteiger partial charge in [-0.3, -0.25) is 14.9 Å². The molecule has 0 saturated heterocycles. The molecular formula is C17H21N3O3. The van der Waals surface area contributed by atoms with Crippen LogP contribution in [0.15, 0.2) is 12.3 Å². The van der Waals surface area contributed by atoms with Gasteiger partial charge in [-0.2, -0.15) is 0 Å². The van der Waals surface area contributed by atoms with E-state index in [4.69, 9.17) is 0 Å². The summed E-state index contributed by atoms with van der Waals surface area (Å²) in [6, 6.07) is 1.46. The highest BCUT2D eigenvalue weighted by Gasteiger charge is 2.54. The molecule has 0 spiro atoms. The summed E-state index contributed by atoms with van der Waals surface area (Å²) in [4.78, 5) is 27.4. The van der Waals surface area contributed by atoms with Crippen molar-refractivity contribution >= 4 is 17.4 Å². The zero-order valence-corrected chi connectivity index (χ0v) is 13.2. The highest BCUT2D eigenvalue weighted by Crippen LogP contribution is 2.60. The fourth-order valence-corrected chi connectivity index (χ4v) is 5.42. The zero-order valence-electron chi connectivity index (χ0n) is 13.2. The molecule has 0 radical (unpaired) electrons. The molecule has 6 heteroatoms. The van der Waals surface area contributed by atoms with Crippen LogP contribution in [-0.2, 0) is 4.79 Å². The average molecular weight is 315 g/mol. The molecule has 0 atom stereocenters.